The van der Waals surface area contributed by atoms with E-state index < -0.39 is 21.5 Å². The highest BCUT2D eigenvalue weighted by atomic mass is 32.2. The highest BCUT2D eigenvalue weighted by Gasteiger charge is 2.20. The number of hydrogen-bond acceptors (Lipinski definition) is 4. The van der Waals surface area contributed by atoms with Crippen molar-refractivity contribution in [3.8, 4) is 0 Å². The largest absolute Gasteiger partial charge is 0.347 e. The number of para-hydroxylation sites is 1. The first kappa shape index (κ1) is 24.0. The number of hydrogen-bond donors (Lipinski definition) is 3. The van der Waals surface area contributed by atoms with E-state index in [0.717, 1.165) is 5.56 Å². The Morgan fingerprint density at radius 2 is 1.48 bits per heavy atom. The van der Waals surface area contributed by atoms with Gasteiger partial charge in [0.25, 0.3) is 21.8 Å². The SMILES string of the molecule is Cc1ccc(NS(=O)(=O)c2cccc(C(=O)Nc3ccccc3C(=O)NC(C)(C)C)c2)cc1. The Labute approximate surface area is 194 Å². The molecule has 0 atom stereocenters. The van der Waals surface area contributed by atoms with Crippen LogP contribution in [0.1, 0.15) is 47.1 Å². The van der Waals surface area contributed by atoms with Crippen molar-refractivity contribution in [1.82, 2.24) is 5.32 Å². The van der Waals surface area contributed by atoms with Crippen molar-refractivity contribution in [2.75, 3.05) is 10.0 Å². The molecule has 2 amide bonds. The molecule has 0 heterocycles. The highest BCUT2D eigenvalue weighted by molar-refractivity contribution is 7.92. The summed E-state index contributed by atoms with van der Waals surface area (Å²) in [6.07, 6.45) is 0. The van der Waals surface area contributed by atoms with E-state index in [1.54, 1.807) is 48.5 Å². The minimum atomic E-state index is -3.89. The van der Waals surface area contributed by atoms with E-state index >= 15 is 0 Å². The van der Waals surface area contributed by atoms with E-state index in [9.17, 15) is 18.0 Å². The third kappa shape index (κ3) is 6.43. The Bertz CT molecular complexity index is 1280. The fourth-order valence-corrected chi connectivity index (χ4v) is 4.14. The maximum Gasteiger partial charge on any atom is 0.261 e. The van der Waals surface area contributed by atoms with E-state index in [2.05, 4.69) is 15.4 Å². The van der Waals surface area contributed by atoms with E-state index in [-0.39, 0.29) is 16.4 Å². The quantitative estimate of drug-likeness (QED) is 0.496. The first-order valence-corrected chi connectivity index (χ1v) is 11.9. The monoisotopic (exact) mass is 465 g/mol. The van der Waals surface area contributed by atoms with Gasteiger partial charge in [0.1, 0.15) is 0 Å². The zero-order valence-corrected chi connectivity index (χ0v) is 19.8. The summed E-state index contributed by atoms with van der Waals surface area (Å²) in [4.78, 5) is 25.5. The number of sulfonamides is 1. The molecule has 0 fully saturated rings. The van der Waals surface area contributed by atoms with Crippen LogP contribution in [0.25, 0.3) is 0 Å². The molecule has 0 unspecified atom stereocenters. The molecule has 7 nitrogen and oxygen atoms in total. The molecule has 0 saturated heterocycles. The number of rotatable bonds is 6. The van der Waals surface area contributed by atoms with Crippen LogP contribution in [0.2, 0.25) is 0 Å². The second-order valence-electron chi connectivity index (χ2n) is 8.70. The van der Waals surface area contributed by atoms with Crippen molar-refractivity contribution in [1.29, 1.82) is 0 Å². The fraction of sp³-hybridized carbons (Fsp3) is 0.200. The van der Waals surface area contributed by atoms with Gasteiger partial charge < -0.3 is 10.6 Å². The second kappa shape index (κ2) is 9.46. The molecule has 3 aromatic carbocycles. The Balaban J connectivity index is 1.82. The number of benzene rings is 3. The summed E-state index contributed by atoms with van der Waals surface area (Å²) in [5, 5.41) is 5.58. The standard InChI is InChI=1S/C25H27N3O4S/c1-17-12-14-19(15-13-17)28-33(31,32)20-9-7-8-18(16-20)23(29)26-22-11-6-5-10-21(22)24(30)27-25(2,3)4/h5-16,28H,1-4H3,(H,26,29)(H,27,30). The molecular formula is C25H27N3O4S. The molecule has 0 bridgehead atoms. The molecule has 0 aliphatic heterocycles. The van der Waals surface area contributed by atoms with Crippen LogP contribution in [-0.2, 0) is 10.0 Å². The average molecular weight is 466 g/mol. The predicted molar refractivity (Wildman–Crippen MR) is 130 cm³/mol. The number of amides is 2. The third-order valence-electron chi connectivity index (χ3n) is 4.62. The van der Waals surface area contributed by atoms with Crippen LogP contribution in [0, 0.1) is 6.92 Å². The normalized spacial score (nSPS) is 11.5. The predicted octanol–water partition coefficient (Wildman–Crippen LogP) is 4.58. The lowest BCUT2D eigenvalue weighted by atomic mass is 10.1. The van der Waals surface area contributed by atoms with Crippen molar-refractivity contribution in [2.24, 2.45) is 0 Å². The smallest absolute Gasteiger partial charge is 0.261 e. The molecule has 172 valence electrons. The van der Waals surface area contributed by atoms with Gasteiger partial charge in [0, 0.05) is 16.8 Å². The number of anilines is 2. The zero-order chi connectivity index (χ0) is 24.2. The topological polar surface area (TPSA) is 104 Å². The van der Waals surface area contributed by atoms with Gasteiger partial charge in [0.15, 0.2) is 0 Å². The van der Waals surface area contributed by atoms with Gasteiger partial charge in [-0.15, -0.1) is 0 Å². The summed E-state index contributed by atoms with van der Waals surface area (Å²) in [7, 11) is -3.89. The van der Waals surface area contributed by atoms with Gasteiger partial charge in [-0.3, -0.25) is 14.3 Å². The van der Waals surface area contributed by atoms with Crippen molar-refractivity contribution < 1.29 is 18.0 Å². The molecule has 33 heavy (non-hydrogen) atoms. The molecular weight excluding hydrogens is 438 g/mol. The molecule has 0 spiro atoms. The van der Waals surface area contributed by atoms with Crippen LogP contribution >= 0.6 is 0 Å². The third-order valence-corrected chi connectivity index (χ3v) is 6.00. The van der Waals surface area contributed by atoms with E-state index in [4.69, 9.17) is 0 Å². The molecule has 0 aromatic heterocycles. The number of carbonyl (C=O) groups excluding carboxylic acids is 2. The molecule has 0 radical (unpaired) electrons. The molecule has 0 aliphatic rings. The minimum absolute atomic E-state index is 0.0468. The van der Waals surface area contributed by atoms with Gasteiger partial charge in [-0.1, -0.05) is 35.9 Å². The number of nitrogens with one attached hydrogen (secondary N) is 3. The van der Waals surface area contributed by atoms with Crippen molar-refractivity contribution in [2.45, 2.75) is 38.1 Å². The second-order valence-corrected chi connectivity index (χ2v) is 10.4. The summed E-state index contributed by atoms with van der Waals surface area (Å²) < 4.78 is 28.1. The Morgan fingerprint density at radius 1 is 0.818 bits per heavy atom. The molecule has 3 aromatic rings. The Kier molecular flexibility index (Phi) is 6.88. The summed E-state index contributed by atoms with van der Waals surface area (Å²) in [5.74, 6) is -0.851. The van der Waals surface area contributed by atoms with Gasteiger partial charge in [0.05, 0.1) is 16.1 Å². The molecule has 8 heteroatoms. The molecule has 3 rings (SSSR count). The summed E-state index contributed by atoms with van der Waals surface area (Å²) >= 11 is 0. The van der Waals surface area contributed by atoms with E-state index in [1.165, 1.54) is 24.3 Å². The highest BCUT2D eigenvalue weighted by Crippen LogP contribution is 2.20. The Hall–Kier alpha value is -3.65. The van der Waals surface area contributed by atoms with Crippen molar-refractivity contribution in [3.05, 3.63) is 89.5 Å². The van der Waals surface area contributed by atoms with E-state index in [1.807, 2.05) is 27.7 Å². The summed E-state index contributed by atoms with van der Waals surface area (Å²) in [6.45, 7) is 7.50. The van der Waals surface area contributed by atoms with Crippen LogP contribution in [0.3, 0.4) is 0 Å². The molecule has 0 aliphatic carbocycles. The van der Waals surface area contributed by atoms with Crippen LogP contribution < -0.4 is 15.4 Å². The van der Waals surface area contributed by atoms with Crippen molar-refractivity contribution in [3.63, 3.8) is 0 Å². The Morgan fingerprint density at radius 3 is 2.15 bits per heavy atom. The van der Waals surface area contributed by atoms with Crippen LogP contribution in [0.15, 0.2) is 77.7 Å². The van der Waals surface area contributed by atoms with Gasteiger partial charge in [-0.05, 0) is 70.2 Å². The first-order chi connectivity index (χ1) is 15.4. The van der Waals surface area contributed by atoms with Crippen molar-refractivity contribution >= 4 is 33.2 Å². The van der Waals surface area contributed by atoms with Gasteiger partial charge in [0.2, 0.25) is 0 Å². The lowest BCUT2D eigenvalue weighted by Crippen LogP contribution is -2.40. The lowest BCUT2D eigenvalue weighted by Gasteiger charge is -2.21. The fourth-order valence-electron chi connectivity index (χ4n) is 3.03. The maximum absolute atomic E-state index is 12.9. The van der Waals surface area contributed by atoms with E-state index in [0.29, 0.717) is 16.9 Å². The summed E-state index contributed by atoms with van der Waals surface area (Å²) in [5.41, 5.74) is 1.78. The van der Waals surface area contributed by atoms with Crippen LogP contribution in [0.4, 0.5) is 11.4 Å². The zero-order valence-electron chi connectivity index (χ0n) is 19.0. The van der Waals surface area contributed by atoms with Crippen LogP contribution in [-0.4, -0.2) is 25.8 Å². The lowest BCUT2D eigenvalue weighted by molar-refractivity contribution is 0.0920. The first-order valence-electron chi connectivity index (χ1n) is 10.4. The minimum Gasteiger partial charge on any atom is -0.347 e. The van der Waals surface area contributed by atoms with Gasteiger partial charge in [-0.25, -0.2) is 8.42 Å². The average Bonchev–Trinajstić information content (AvgIpc) is 2.74. The number of carbonyl (C=O) groups is 2. The summed E-state index contributed by atoms with van der Waals surface area (Å²) in [6, 6.07) is 19.3. The molecule has 0 saturated carbocycles. The number of aryl methyl sites for hydroxylation is 1. The van der Waals surface area contributed by atoms with Gasteiger partial charge >= 0.3 is 0 Å². The maximum atomic E-state index is 12.9. The van der Waals surface area contributed by atoms with Crippen LogP contribution in [0.5, 0.6) is 0 Å². The molecule has 3 N–H and O–H groups in total. The van der Waals surface area contributed by atoms with Gasteiger partial charge in [-0.2, -0.15) is 0 Å².